The van der Waals surface area contributed by atoms with Crippen LogP contribution in [-0.4, -0.2) is 119 Å². The molecule has 3 aliphatic heterocycles. The van der Waals surface area contributed by atoms with E-state index in [1.165, 1.54) is 17.2 Å². The number of carbonyl (C=O) groups excluding carboxylic acids is 4. The fourth-order valence-corrected chi connectivity index (χ4v) is 6.68. The van der Waals surface area contributed by atoms with E-state index in [1.807, 2.05) is 6.92 Å². The largest absolute Gasteiger partial charge is 0.460 e. The van der Waals surface area contributed by atoms with Crippen molar-refractivity contribution in [2.75, 3.05) is 46.8 Å². The van der Waals surface area contributed by atoms with Gasteiger partial charge in [0, 0.05) is 43.9 Å². The van der Waals surface area contributed by atoms with Crippen LogP contribution in [0, 0.1) is 11.8 Å². The van der Waals surface area contributed by atoms with Crippen LogP contribution in [0.25, 0.3) is 0 Å². The molecule has 0 radical (unpaired) electrons. The molecule has 1 aromatic heterocycles. The van der Waals surface area contributed by atoms with Crippen molar-refractivity contribution in [2.24, 2.45) is 11.8 Å². The number of fused-ring (bicyclic) bond motifs is 3. The Morgan fingerprint density at radius 1 is 1.11 bits per heavy atom. The van der Waals surface area contributed by atoms with Crippen LogP contribution in [0.5, 0.6) is 0 Å². The first kappa shape index (κ1) is 36.2. The maximum atomic E-state index is 13.8. The predicted molar refractivity (Wildman–Crippen MR) is 176 cm³/mol. The molecule has 2 fully saturated rings. The van der Waals surface area contributed by atoms with Crippen molar-refractivity contribution in [3.8, 4) is 0 Å². The monoisotopic (exact) mass is 653 g/mol. The van der Waals surface area contributed by atoms with Gasteiger partial charge in [-0.25, -0.2) is 9.78 Å². The van der Waals surface area contributed by atoms with Crippen molar-refractivity contribution >= 4 is 23.6 Å². The summed E-state index contributed by atoms with van der Waals surface area (Å²) in [5, 5.41) is 13.2. The van der Waals surface area contributed by atoms with Gasteiger partial charge in [-0.2, -0.15) is 0 Å². The van der Waals surface area contributed by atoms with Crippen molar-refractivity contribution in [1.82, 2.24) is 25.0 Å². The normalized spacial score (nSPS) is 28.1. The number of nitrogens with one attached hydrogen (secondary N) is 1. The molecule has 0 spiro atoms. The molecule has 2 N–H and O–H groups in total. The summed E-state index contributed by atoms with van der Waals surface area (Å²) >= 11 is 0. The molecule has 0 saturated carbocycles. The zero-order chi connectivity index (χ0) is 34.1. The van der Waals surface area contributed by atoms with Gasteiger partial charge in [-0.15, -0.1) is 0 Å². The predicted octanol–water partition coefficient (Wildman–Crippen LogP) is 2.54. The number of allylic oxidation sites excluding steroid dienone is 2. The molecule has 258 valence electrons. The molecule has 4 rings (SSSR count). The minimum Gasteiger partial charge on any atom is -0.460 e. The smallest absolute Gasteiger partial charge is 0.329 e. The van der Waals surface area contributed by atoms with E-state index < -0.39 is 30.1 Å². The fraction of sp³-hybridized carbons (Fsp3) is 0.629. The first-order valence-electron chi connectivity index (χ1n) is 16.8. The van der Waals surface area contributed by atoms with E-state index in [9.17, 15) is 24.3 Å². The van der Waals surface area contributed by atoms with Gasteiger partial charge in [0.15, 0.2) is 5.69 Å². The van der Waals surface area contributed by atoms with Crippen LogP contribution >= 0.6 is 0 Å². The molecule has 2 saturated heterocycles. The zero-order valence-electron chi connectivity index (χ0n) is 28.4. The van der Waals surface area contributed by atoms with E-state index in [1.54, 1.807) is 31.2 Å². The molecule has 0 unspecified atom stereocenters. The number of likely N-dealkylation sites (tertiary alicyclic amines) is 1. The molecule has 1 aromatic rings. The number of aliphatic hydroxyl groups is 1. The number of rotatable bonds is 4. The van der Waals surface area contributed by atoms with Crippen LogP contribution in [0.2, 0.25) is 0 Å². The van der Waals surface area contributed by atoms with Gasteiger partial charge in [-0.3, -0.25) is 14.4 Å². The summed E-state index contributed by atoms with van der Waals surface area (Å²) in [6.45, 7) is 9.08. The number of amides is 2. The molecule has 0 aromatic carbocycles. The number of ketones is 1. The van der Waals surface area contributed by atoms with Gasteiger partial charge in [-0.1, -0.05) is 43.7 Å². The summed E-state index contributed by atoms with van der Waals surface area (Å²) in [6, 6.07) is -0.232. The van der Waals surface area contributed by atoms with Gasteiger partial charge in [0.1, 0.15) is 24.2 Å². The molecule has 3 aliphatic rings. The van der Waals surface area contributed by atoms with Gasteiger partial charge in [0.05, 0.1) is 12.5 Å². The van der Waals surface area contributed by atoms with Crippen molar-refractivity contribution in [1.29, 1.82) is 0 Å². The average molecular weight is 654 g/mol. The Kier molecular flexibility index (Phi) is 13.1. The number of ether oxygens (including phenoxy) is 1. The number of Topliss-reactive ketones (excluding diaryl/α,β-unsaturated/α-hetero) is 1. The van der Waals surface area contributed by atoms with Gasteiger partial charge in [0.2, 0.25) is 11.8 Å². The van der Waals surface area contributed by atoms with E-state index in [0.29, 0.717) is 25.4 Å². The van der Waals surface area contributed by atoms with Gasteiger partial charge < -0.3 is 34.3 Å². The topological polar surface area (TPSA) is 146 Å². The molecule has 0 aliphatic carbocycles. The van der Waals surface area contributed by atoms with Crippen molar-refractivity contribution in [3.05, 3.63) is 53.8 Å². The third-order valence-corrected chi connectivity index (χ3v) is 9.29. The highest BCUT2D eigenvalue weighted by atomic mass is 16.5. The van der Waals surface area contributed by atoms with Gasteiger partial charge in [0.25, 0.3) is 5.91 Å². The van der Waals surface area contributed by atoms with Crippen molar-refractivity contribution in [3.63, 3.8) is 0 Å². The zero-order valence-corrected chi connectivity index (χ0v) is 28.4. The number of piperidine rings is 1. The lowest BCUT2D eigenvalue weighted by Gasteiger charge is -2.38. The maximum Gasteiger partial charge on any atom is 0.329 e. The third kappa shape index (κ3) is 10.4. The molecule has 12 nitrogen and oxygen atoms in total. The third-order valence-electron chi connectivity index (χ3n) is 9.29. The Hall–Kier alpha value is -3.61. The highest BCUT2D eigenvalue weighted by Crippen LogP contribution is 2.27. The highest BCUT2D eigenvalue weighted by Gasteiger charge is 2.39. The van der Waals surface area contributed by atoms with E-state index in [0.717, 1.165) is 38.0 Å². The average Bonchev–Trinajstić information content (AvgIpc) is 3.70. The minimum absolute atomic E-state index is 0.0145. The second-order valence-corrected chi connectivity index (χ2v) is 13.4. The van der Waals surface area contributed by atoms with E-state index in [-0.39, 0.29) is 54.5 Å². The van der Waals surface area contributed by atoms with Crippen LogP contribution in [-0.2, 0) is 25.5 Å². The highest BCUT2D eigenvalue weighted by molar-refractivity contribution is 5.95. The number of aromatic nitrogens is 1. The minimum atomic E-state index is -1.01. The summed E-state index contributed by atoms with van der Waals surface area (Å²) in [6.07, 6.45) is 10.9. The molecule has 2 bridgehead atoms. The lowest BCUT2D eigenvalue weighted by atomic mass is 9.91. The number of esters is 1. The van der Waals surface area contributed by atoms with Crippen molar-refractivity contribution in [2.45, 2.75) is 83.6 Å². The van der Waals surface area contributed by atoms with Gasteiger partial charge in [-0.05, 0) is 65.9 Å². The summed E-state index contributed by atoms with van der Waals surface area (Å²) in [5.41, 5.74) is 0.747. The second kappa shape index (κ2) is 17.0. The summed E-state index contributed by atoms with van der Waals surface area (Å²) < 4.78 is 11.7. The lowest BCUT2D eigenvalue weighted by molar-refractivity contribution is -0.158. The van der Waals surface area contributed by atoms with E-state index in [4.69, 9.17) is 9.15 Å². The quantitative estimate of drug-likeness (QED) is 0.465. The number of aliphatic hydroxyl groups excluding tert-OH is 1. The first-order valence-corrected chi connectivity index (χ1v) is 16.8. The SMILES string of the molecule is CC1=C[C@@H](O)CC(=O)Cc2nc(co2)C(=O)N2CCC[C@@H]2C(=O)O[C@H]([C@@H](C)CN2CCC(N(C)C)CC2)[C@H](C)/C=C/C(=O)NCC=C1. The molecule has 12 heteroatoms. The maximum absolute atomic E-state index is 13.8. The van der Waals surface area contributed by atoms with E-state index >= 15 is 0 Å². The Balaban J connectivity index is 1.55. The summed E-state index contributed by atoms with van der Waals surface area (Å²) in [4.78, 5) is 62.9. The van der Waals surface area contributed by atoms with Crippen LogP contribution in [0.1, 0.15) is 69.3 Å². The fourth-order valence-electron chi connectivity index (χ4n) is 6.68. The molecular formula is C35H51N5O7. The second-order valence-electron chi connectivity index (χ2n) is 13.4. The number of nitrogens with zero attached hydrogens (tertiary/aromatic N) is 4. The van der Waals surface area contributed by atoms with Crippen LogP contribution < -0.4 is 5.32 Å². The molecular weight excluding hydrogens is 602 g/mol. The number of cyclic esters (lactones) is 1. The Labute approximate surface area is 277 Å². The lowest BCUT2D eigenvalue weighted by Crippen LogP contribution is -2.47. The number of hydrogen-bond donors (Lipinski definition) is 2. The molecule has 5 atom stereocenters. The molecule has 4 heterocycles. The standard InChI is InChI=1S/C35H51N5O7/c1-23-8-6-14-36-31(43)11-10-24(2)33(25(3)21-39-16-12-26(13-17-39)38(4)5)47-35(45)30-9-7-15-40(30)34(44)29-22-46-32(37-29)20-28(42)19-27(41)18-23/h6,8,10-11,18,22,24-27,30,33,41H,7,9,12-17,19-21H2,1-5H3,(H,36,43)/b8-6?,11-10+,23-18?/t24-,25+,27-,30-,33+/m1/s1. The van der Waals surface area contributed by atoms with Crippen LogP contribution in [0.3, 0.4) is 0 Å². The molecule has 47 heavy (non-hydrogen) atoms. The summed E-state index contributed by atoms with van der Waals surface area (Å²) in [5.74, 6) is -1.78. The van der Waals surface area contributed by atoms with Crippen LogP contribution in [0.15, 0.2) is 46.6 Å². The van der Waals surface area contributed by atoms with E-state index in [2.05, 4.69) is 41.1 Å². The first-order chi connectivity index (χ1) is 22.4. The number of oxazole rings is 1. The van der Waals surface area contributed by atoms with Gasteiger partial charge >= 0.3 is 5.97 Å². The number of hydrogen-bond acceptors (Lipinski definition) is 10. The van der Waals surface area contributed by atoms with Crippen LogP contribution in [0.4, 0.5) is 0 Å². The Bertz CT molecular complexity index is 1340. The summed E-state index contributed by atoms with van der Waals surface area (Å²) in [7, 11) is 4.22. The Morgan fingerprint density at radius 2 is 1.85 bits per heavy atom. The Morgan fingerprint density at radius 3 is 2.57 bits per heavy atom. The molecule has 2 amide bonds. The van der Waals surface area contributed by atoms with Crippen molar-refractivity contribution < 1.29 is 33.4 Å². The number of carbonyl (C=O) groups is 4.